The molecule has 2 aromatic rings. The third kappa shape index (κ3) is 2.88. The summed E-state index contributed by atoms with van der Waals surface area (Å²) in [7, 11) is 0. The lowest BCUT2D eigenvalue weighted by Crippen LogP contribution is -2.43. The van der Waals surface area contributed by atoms with Gasteiger partial charge in [0.25, 0.3) is 0 Å². The number of nitrogens with one attached hydrogen (secondary N) is 3. The van der Waals surface area contributed by atoms with Crippen molar-refractivity contribution in [1.82, 2.24) is 15.3 Å². The van der Waals surface area contributed by atoms with E-state index in [0.29, 0.717) is 0 Å². The van der Waals surface area contributed by atoms with Crippen LogP contribution in [-0.4, -0.2) is 28.5 Å². The Morgan fingerprint density at radius 3 is 3.05 bits per heavy atom. The monoisotopic (exact) mass is 270 g/mol. The van der Waals surface area contributed by atoms with E-state index in [1.54, 1.807) is 12.4 Å². The number of rotatable bonds is 3. The molecule has 0 radical (unpaired) electrons. The first-order chi connectivity index (χ1) is 9.83. The van der Waals surface area contributed by atoms with Crippen molar-refractivity contribution >= 4 is 11.6 Å². The van der Waals surface area contributed by atoms with Crippen molar-refractivity contribution in [1.29, 1.82) is 0 Å². The molecule has 20 heavy (non-hydrogen) atoms. The van der Waals surface area contributed by atoms with Gasteiger partial charge in [0, 0.05) is 23.6 Å². The van der Waals surface area contributed by atoms with Crippen LogP contribution in [0.25, 0.3) is 11.4 Å². The number of piperidine rings is 1. The highest BCUT2D eigenvalue weighted by Crippen LogP contribution is 2.19. The highest BCUT2D eigenvalue weighted by Gasteiger charge is 2.20. The number of H-pyrrole nitrogens is 1. The number of carbonyl (C=O) groups is 1. The van der Waals surface area contributed by atoms with Crippen molar-refractivity contribution in [2.45, 2.75) is 25.3 Å². The van der Waals surface area contributed by atoms with Crippen LogP contribution >= 0.6 is 0 Å². The molecule has 5 heteroatoms. The zero-order chi connectivity index (χ0) is 13.8. The van der Waals surface area contributed by atoms with Gasteiger partial charge in [-0.2, -0.15) is 0 Å². The van der Waals surface area contributed by atoms with Crippen LogP contribution in [0, 0.1) is 0 Å². The Hall–Kier alpha value is -2.14. The number of amides is 1. The van der Waals surface area contributed by atoms with Crippen LogP contribution in [0.15, 0.2) is 36.7 Å². The topological polar surface area (TPSA) is 69.8 Å². The number of aromatic nitrogens is 2. The maximum absolute atomic E-state index is 12.2. The van der Waals surface area contributed by atoms with E-state index >= 15 is 0 Å². The van der Waals surface area contributed by atoms with Gasteiger partial charge in [-0.15, -0.1) is 0 Å². The molecule has 5 nitrogen and oxygen atoms in total. The standard InChI is InChI=1S/C15H18N4O/c20-15(13-6-1-2-7-16-13)19-12-5-3-4-11(10-12)14-17-8-9-18-14/h3-5,8-10,13,16H,1-2,6-7H2,(H,17,18)(H,19,20)/t13-/m1/s1. The molecule has 0 aliphatic carbocycles. The molecule has 2 heterocycles. The number of hydrogen-bond donors (Lipinski definition) is 3. The van der Waals surface area contributed by atoms with E-state index in [-0.39, 0.29) is 11.9 Å². The molecule has 1 aliphatic heterocycles. The maximum atomic E-state index is 12.2. The van der Waals surface area contributed by atoms with E-state index in [0.717, 1.165) is 42.9 Å². The minimum Gasteiger partial charge on any atom is -0.345 e. The highest BCUT2D eigenvalue weighted by molar-refractivity contribution is 5.95. The second-order valence-electron chi connectivity index (χ2n) is 5.01. The van der Waals surface area contributed by atoms with Crippen LogP contribution in [0.1, 0.15) is 19.3 Å². The van der Waals surface area contributed by atoms with Gasteiger partial charge in [0.15, 0.2) is 0 Å². The first-order valence-corrected chi connectivity index (χ1v) is 6.97. The van der Waals surface area contributed by atoms with Crippen molar-refractivity contribution < 1.29 is 4.79 Å². The van der Waals surface area contributed by atoms with Gasteiger partial charge >= 0.3 is 0 Å². The second kappa shape index (κ2) is 5.88. The molecule has 1 fully saturated rings. The van der Waals surface area contributed by atoms with Crippen LogP contribution in [0.5, 0.6) is 0 Å². The number of anilines is 1. The van der Waals surface area contributed by atoms with Gasteiger partial charge in [-0.1, -0.05) is 18.6 Å². The smallest absolute Gasteiger partial charge is 0.241 e. The summed E-state index contributed by atoms with van der Waals surface area (Å²) in [6.07, 6.45) is 6.66. The predicted octanol–water partition coefficient (Wildman–Crippen LogP) is 2.16. The molecule has 0 saturated carbocycles. The van der Waals surface area contributed by atoms with Gasteiger partial charge in [0.05, 0.1) is 6.04 Å². The van der Waals surface area contributed by atoms with Crippen molar-refractivity contribution in [2.24, 2.45) is 0 Å². The number of aromatic amines is 1. The van der Waals surface area contributed by atoms with E-state index in [1.165, 1.54) is 0 Å². The third-order valence-corrected chi connectivity index (χ3v) is 3.53. The molecule has 1 aromatic heterocycles. The largest absolute Gasteiger partial charge is 0.345 e. The maximum Gasteiger partial charge on any atom is 0.241 e. The number of benzene rings is 1. The number of nitrogens with zero attached hydrogens (tertiary/aromatic N) is 1. The molecule has 1 aromatic carbocycles. The SMILES string of the molecule is O=C(Nc1cccc(-c2ncc[nH]2)c1)[C@H]1CCCCN1. The Morgan fingerprint density at radius 2 is 2.30 bits per heavy atom. The van der Waals surface area contributed by atoms with Crippen LogP contribution in [0.4, 0.5) is 5.69 Å². The van der Waals surface area contributed by atoms with Crippen molar-refractivity contribution in [2.75, 3.05) is 11.9 Å². The molecule has 104 valence electrons. The summed E-state index contributed by atoms with van der Waals surface area (Å²) >= 11 is 0. The fourth-order valence-corrected chi connectivity index (χ4v) is 2.47. The molecule has 1 saturated heterocycles. The fraction of sp³-hybridized carbons (Fsp3) is 0.333. The fourth-order valence-electron chi connectivity index (χ4n) is 2.47. The van der Waals surface area contributed by atoms with E-state index in [1.807, 2.05) is 24.3 Å². The first-order valence-electron chi connectivity index (χ1n) is 6.97. The summed E-state index contributed by atoms with van der Waals surface area (Å²) in [5.74, 6) is 0.846. The molecule has 1 atom stereocenters. The Morgan fingerprint density at radius 1 is 1.35 bits per heavy atom. The minimum absolute atomic E-state index is 0.0429. The van der Waals surface area contributed by atoms with E-state index < -0.39 is 0 Å². The minimum atomic E-state index is -0.0731. The number of imidazole rings is 1. The molecule has 0 spiro atoms. The van der Waals surface area contributed by atoms with Gasteiger partial charge in [-0.05, 0) is 31.5 Å². The normalized spacial score (nSPS) is 18.7. The number of hydrogen-bond acceptors (Lipinski definition) is 3. The van der Waals surface area contributed by atoms with Crippen molar-refractivity contribution in [3.05, 3.63) is 36.7 Å². The zero-order valence-electron chi connectivity index (χ0n) is 11.2. The lowest BCUT2D eigenvalue weighted by Gasteiger charge is -2.22. The molecule has 1 aliphatic rings. The van der Waals surface area contributed by atoms with Crippen molar-refractivity contribution in [3.8, 4) is 11.4 Å². The van der Waals surface area contributed by atoms with E-state index in [4.69, 9.17) is 0 Å². The summed E-state index contributed by atoms with van der Waals surface area (Å²) in [5, 5.41) is 6.22. The van der Waals surface area contributed by atoms with Gasteiger partial charge in [0.1, 0.15) is 5.82 Å². The third-order valence-electron chi connectivity index (χ3n) is 3.53. The van der Waals surface area contributed by atoms with Crippen LogP contribution in [-0.2, 0) is 4.79 Å². The van der Waals surface area contributed by atoms with Crippen LogP contribution in [0.3, 0.4) is 0 Å². The molecule has 0 unspecified atom stereocenters. The van der Waals surface area contributed by atoms with Gasteiger partial charge in [0.2, 0.25) is 5.91 Å². The molecular weight excluding hydrogens is 252 g/mol. The van der Waals surface area contributed by atoms with Crippen LogP contribution < -0.4 is 10.6 Å². The Kier molecular flexibility index (Phi) is 3.78. The molecule has 1 amide bonds. The summed E-state index contributed by atoms with van der Waals surface area (Å²) in [4.78, 5) is 19.4. The molecule has 3 N–H and O–H groups in total. The Bertz CT molecular complexity index is 573. The first kappa shape index (κ1) is 12.9. The average Bonchev–Trinajstić information content (AvgIpc) is 3.03. The summed E-state index contributed by atoms with van der Waals surface area (Å²) in [6.45, 7) is 0.921. The Balaban J connectivity index is 1.71. The average molecular weight is 270 g/mol. The number of carbonyl (C=O) groups excluding carboxylic acids is 1. The summed E-state index contributed by atoms with van der Waals surface area (Å²) in [6, 6.07) is 7.64. The van der Waals surface area contributed by atoms with Gasteiger partial charge in [-0.25, -0.2) is 4.98 Å². The predicted molar refractivity (Wildman–Crippen MR) is 78.3 cm³/mol. The molecule has 0 bridgehead atoms. The van der Waals surface area contributed by atoms with E-state index in [9.17, 15) is 4.79 Å². The van der Waals surface area contributed by atoms with Crippen molar-refractivity contribution in [3.63, 3.8) is 0 Å². The van der Waals surface area contributed by atoms with Gasteiger partial charge in [-0.3, -0.25) is 4.79 Å². The quantitative estimate of drug-likeness (QED) is 0.800. The lowest BCUT2D eigenvalue weighted by molar-refractivity contribution is -0.118. The highest BCUT2D eigenvalue weighted by atomic mass is 16.2. The summed E-state index contributed by atoms with van der Waals surface area (Å²) in [5.41, 5.74) is 1.76. The van der Waals surface area contributed by atoms with E-state index in [2.05, 4.69) is 20.6 Å². The lowest BCUT2D eigenvalue weighted by atomic mass is 10.0. The summed E-state index contributed by atoms with van der Waals surface area (Å²) < 4.78 is 0. The Labute approximate surface area is 117 Å². The zero-order valence-corrected chi connectivity index (χ0v) is 11.2. The van der Waals surface area contributed by atoms with Gasteiger partial charge < -0.3 is 15.6 Å². The molecule has 3 rings (SSSR count). The molecular formula is C15H18N4O. The van der Waals surface area contributed by atoms with Crippen LogP contribution in [0.2, 0.25) is 0 Å². The second-order valence-corrected chi connectivity index (χ2v) is 5.01.